The molecule has 1 aromatic carbocycles. The molecule has 0 amide bonds. The van der Waals surface area contributed by atoms with Crippen LogP contribution in [-0.4, -0.2) is 24.6 Å². The highest BCUT2D eigenvalue weighted by molar-refractivity contribution is 9.10. The van der Waals surface area contributed by atoms with E-state index < -0.39 is 4.45 Å². The molecule has 20 heavy (non-hydrogen) atoms. The van der Waals surface area contributed by atoms with E-state index in [4.69, 9.17) is 4.74 Å². The van der Waals surface area contributed by atoms with Gasteiger partial charge in [-0.05, 0) is 46.3 Å². The minimum absolute atomic E-state index is 0.165. The highest BCUT2D eigenvalue weighted by Crippen LogP contribution is 2.56. The van der Waals surface area contributed by atoms with Crippen molar-refractivity contribution in [1.82, 2.24) is 0 Å². The van der Waals surface area contributed by atoms with E-state index in [9.17, 15) is 4.79 Å². The second-order valence-corrected chi connectivity index (χ2v) is 7.01. The zero-order valence-corrected chi connectivity index (χ0v) is 13.5. The lowest BCUT2D eigenvalue weighted by Crippen LogP contribution is -2.50. The summed E-state index contributed by atoms with van der Waals surface area (Å²) in [6.45, 7) is 0. The second kappa shape index (κ2) is 5.06. The standard InChI is InChI=1S/C16H20BrNO2/c1-18-13-10-6-5-9-12(13)14(11-7-3-4-8-11)16(18,17)15(19)20-2/h5-6,9-11,14H,3-4,7-8H2,1-2H3. The lowest BCUT2D eigenvalue weighted by molar-refractivity contribution is -0.144. The highest BCUT2D eigenvalue weighted by atomic mass is 79.9. The fourth-order valence-corrected chi connectivity index (χ4v) is 4.88. The highest BCUT2D eigenvalue weighted by Gasteiger charge is 2.57. The Kier molecular flexibility index (Phi) is 3.53. The van der Waals surface area contributed by atoms with Gasteiger partial charge in [0.05, 0.1) is 7.11 Å². The number of hydrogen-bond donors (Lipinski definition) is 0. The third-order valence-electron chi connectivity index (χ3n) is 4.88. The number of fused-ring (bicyclic) bond motifs is 1. The summed E-state index contributed by atoms with van der Waals surface area (Å²) in [7, 11) is 3.44. The zero-order valence-electron chi connectivity index (χ0n) is 11.9. The molecule has 1 saturated carbocycles. The van der Waals surface area contributed by atoms with Crippen molar-refractivity contribution in [2.75, 3.05) is 19.1 Å². The molecule has 1 aliphatic carbocycles. The van der Waals surface area contributed by atoms with Crippen LogP contribution >= 0.6 is 15.9 Å². The summed E-state index contributed by atoms with van der Waals surface area (Å²) >= 11 is 3.75. The molecule has 2 atom stereocenters. The monoisotopic (exact) mass is 337 g/mol. The van der Waals surface area contributed by atoms with Crippen LogP contribution in [0.15, 0.2) is 24.3 Å². The van der Waals surface area contributed by atoms with Gasteiger partial charge in [0.25, 0.3) is 0 Å². The maximum Gasteiger partial charge on any atom is 0.343 e. The van der Waals surface area contributed by atoms with E-state index in [1.165, 1.54) is 38.4 Å². The van der Waals surface area contributed by atoms with Gasteiger partial charge in [-0.15, -0.1) is 0 Å². The molecule has 108 valence electrons. The van der Waals surface area contributed by atoms with Gasteiger partial charge in [-0.2, -0.15) is 0 Å². The van der Waals surface area contributed by atoms with E-state index in [1.54, 1.807) is 0 Å². The smallest absolute Gasteiger partial charge is 0.343 e. The van der Waals surface area contributed by atoms with Gasteiger partial charge in [0.15, 0.2) is 0 Å². The van der Waals surface area contributed by atoms with Crippen LogP contribution in [0.25, 0.3) is 0 Å². The van der Waals surface area contributed by atoms with E-state index in [1.807, 2.05) is 18.0 Å². The first-order chi connectivity index (χ1) is 9.60. The quantitative estimate of drug-likeness (QED) is 0.468. The van der Waals surface area contributed by atoms with Crippen molar-refractivity contribution in [3.8, 4) is 0 Å². The molecule has 0 saturated heterocycles. The average molecular weight is 338 g/mol. The van der Waals surface area contributed by atoms with Crippen LogP contribution in [0.5, 0.6) is 0 Å². The van der Waals surface area contributed by atoms with Gasteiger partial charge in [-0.25, -0.2) is 4.79 Å². The Morgan fingerprint density at radius 2 is 2.00 bits per heavy atom. The molecule has 0 N–H and O–H groups in total. The first-order valence-corrected chi connectivity index (χ1v) is 8.00. The number of likely N-dealkylation sites (N-methyl/N-ethyl adjacent to an activating group) is 1. The number of methoxy groups -OCH3 is 1. The largest absolute Gasteiger partial charge is 0.467 e. The van der Waals surface area contributed by atoms with E-state index >= 15 is 0 Å². The van der Waals surface area contributed by atoms with Gasteiger partial charge < -0.3 is 9.64 Å². The fraction of sp³-hybridized carbons (Fsp3) is 0.562. The van der Waals surface area contributed by atoms with Gasteiger partial charge in [-0.1, -0.05) is 31.0 Å². The van der Waals surface area contributed by atoms with Crippen molar-refractivity contribution in [2.45, 2.75) is 36.0 Å². The first kappa shape index (κ1) is 13.9. The summed E-state index contributed by atoms with van der Waals surface area (Å²) in [5.74, 6) is 0.506. The lowest BCUT2D eigenvalue weighted by Gasteiger charge is -2.36. The van der Waals surface area contributed by atoms with Crippen molar-refractivity contribution in [3.05, 3.63) is 29.8 Å². The van der Waals surface area contributed by atoms with E-state index in [0.29, 0.717) is 5.92 Å². The molecule has 0 aromatic heterocycles. The summed E-state index contributed by atoms with van der Waals surface area (Å²) < 4.78 is 4.34. The number of ether oxygens (including phenoxy) is 1. The second-order valence-electron chi connectivity index (χ2n) is 5.80. The van der Waals surface area contributed by atoms with Gasteiger partial charge in [-0.3, -0.25) is 0 Å². The van der Waals surface area contributed by atoms with Crippen molar-refractivity contribution < 1.29 is 9.53 Å². The summed E-state index contributed by atoms with van der Waals surface area (Å²) in [6.07, 6.45) is 4.91. The number of alkyl halides is 1. The molecule has 0 bridgehead atoms. The van der Waals surface area contributed by atoms with Crippen molar-refractivity contribution in [1.29, 1.82) is 0 Å². The summed E-state index contributed by atoms with van der Waals surface area (Å²) in [5.41, 5.74) is 2.40. The molecule has 4 heteroatoms. The Morgan fingerprint density at radius 1 is 1.35 bits per heavy atom. The molecule has 2 unspecified atom stereocenters. The van der Waals surface area contributed by atoms with Crippen molar-refractivity contribution in [3.63, 3.8) is 0 Å². The SMILES string of the molecule is COC(=O)C1(Br)C(C2CCCC2)c2ccccc2N1C. The number of para-hydroxylation sites is 1. The number of benzene rings is 1. The van der Waals surface area contributed by atoms with Crippen LogP contribution < -0.4 is 4.90 Å². The molecule has 0 radical (unpaired) electrons. The maximum atomic E-state index is 12.5. The summed E-state index contributed by atoms with van der Waals surface area (Å²) in [4.78, 5) is 14.5. The number of halogens is 1. The third-order valence-corrected chi connectivity index (χ3v) is 6.23. The van der Waals surface area contributed by atoms with Gasteiger partial charge >= 0.3 is 5.97 Å². The number of nitrogens with zero attached hydrogens (tertiary/aromatic N) is 1. The molecule has 0 spiro atoms. The first-order valence-electron chi connectivity index (χ1n) is 7.20. The topological polar surface area (TPSA) is 29.5 Å². The van der Waals surface area contributed by atoms with Crippen molar-refractivity contribution >= 4 is 27.6 Å². The molecule has 2 aliphatic rings. The van der Waals surface area contributed by atoms with Crippen LogP contribution in [0.4, 0.5) is 5.69 Å². The number of carbonyl (C=O) groups excluding carboxylic acids is 1. The Bertz CT molecular complexity index is 527. The number of carbonyl (C=O) groups is 1. The summed E-state index contributed by atoms with van der Waals surface area (Å²) in [6, 6.07) is 8.33. The number of hydrogen-bond acceptors (Lipinski definition) is 3. The number of anilines is 1. The van der Waals surface area contributed by atoms with Gasteiger partial charge in [0, 0.05) is 18.7 Å². The molecule has 3 rings (SSSR count). The van der Waals surface area contributed by atoms with Crippen LogP contribution in [0.2, 0.25) is 0 Å². The number of rotatable bonds is 2. The molecular weight excluding hydrogens is 318 g/mol. The Labute approximate surface area is 128 Å². The Morgan fingerprint density at radius 3 is 2.65 bits per heavy atom. The molecule has 1 aromatic rings. The van der Waals surface area contributed by atoms with E-state index in [0.717, 1.165) is 5.69 Å². The predicted molar refractivity (Wildman–Crippen MR) is 83.2 cm³/mol. The normalized spacial score (nSPS) is 29.6. The fourth-order valence-electron chi connectivity index (χ4n) is 3.91. The minimum Gasteiger partial charge on any atom is -0.467 e. The van der Waals surface area contributed by atoms with E-state index in [2.05, 4.69) is 34.1 Å². The van der Waals surface area contributed by atoms with Gasteiger partial charge in [0.2, 0.25) is 4.45 Å². The molecule has 1 heterocycles. The molecular formula is C16H20BrNO2. The molecule has 3 nitrogen and oxygen atoms in total. The maximum absolute atomic E-state index is 12.5. The predicted octanol–water partition coefficient (Wildman–Crippen LogP) is 3.67. The van der Waals surface area contributed by atoms with Crippen LogP contribution in [0.1, 0.15) is 37.2 Å². The van der Waals surface area contributed by atoms with Crippen molar-refractivity contribution in [2.24, 2.45) is 5.92 Å². The van der Waals surface area contributed by atoms with Crippen LogP contribution in [0.3, 0.4) is 0 Å². The minimum atomic E-state index is -0.763. The lowest BCUT2D eigenvalue weighted by atomic mass is 9.81. The Balaban J connectivity index is 2.11. The molecule has 1 fully saturated rings. The van der Waals surface area contributed by atoms with Gasteiger partial charge in [0.1, 0.15) is 0 Å². The number of esters is 1. The Hall–Kier alpha value is -1.03. The summed E-state index contributed by atoms with van der Waals surface area (Å²) in [5, 5.41) is 0. The molecule has 1 aliphatic heterocycles. The van der Waals surface area contributed by atoms with E-state index in [-0.39, 0.29) is 11.9 Å². The zero-order chi connectivity index (χ0) is 14.3. The average Bonchev–Trinajstić information content (AvgIpc) is 3.06. The van der Waals surface area contributed by atoms with Crippen LogP contribution in [-0.2, 0) is 9.53 Å². The third kappa shape index (κ3) is 1.80. The van der Waals surface area contributed by atoms with Crippen LogP contribution in [0, 0.1) is 5.92 Å².